The summed E-state index contributed by atoms with van der Waals surface area (Å²) in [4.78, 5) is 4.24. The summed E-state index contributed by atoms with van der Waals surface area (Å²) in [5, 5.41) is 7.76. The zero-order valence-corrected chi connectivity index (χ0v) is 12.0. The van der Waals surface area contributed by atoms with E-state index in [-0.39, 0.29) is 16.7 Å². The quantitative estimate of drug-likeness (QED) is 0.894. The Bertz CT molecular complexity index is 714. The highest BCUT2D eigenvalue weighted by Gasteiger charge is 2.31. The first kappa shape index (κ1) is 13.3. The van der Waals surface area contributed by atoms with Gasteiger partial charge in [0.15, 0.2) is 5.76 Å². The van der Waals surface area contributed by atoms with E-state index < -0.39 is 10.0 Å². The first-order valence-electron chi connectivity index (χ1n) is 6.32. The molecule has 0 aliphatic carbocycles. The van der Waals surface area contributed by atoms with E-state index in [2.05, 4.69) is 20.0 Å². The summed E-state index contributed by atoms with van der Waals surface area (Å²) in [5.74, 6) is 0.930. The van der Waals surface area contributed by atoms with Gasteiger partial charge in [0.25, 0.3) is 0 Å². The Morgan fingerprint density at radius 2 is 2.25 bits per heavy atom. The molecule has 3 rings (SSSR count). The largest absolute Gasteiger partial charge is 0.360 e. The molecule has 8 nitrogen and oxygen atoms in total. The maximum absolute atomic E-state index is 12.5. The van der Waals surface area contributed by atoms with Crippen LogP contribution >= 0.6 is 0 Å². The highest BCUT2D eigenvalue weighted by molar-refractivity contribution is 7.89. The Hall–Kier alpha value is -1.74. The fourth-order valence-corrected chi connectivity index (χ4v) is 4.06. The third-order valence-corrected chi connectivity index (χ3v) is 5.07. The van der Waals surface area contributed by atoms with Crippen LogP contribution in [0.15, 0.2) is 15.7 Å². The van der Waals surface area contributed by atoms with E-state index in [4.69, 9.17) is 4.52 Å². The van der Waals surface area contributed by atoms with Crippen LogP contribution in [-0.2, 0) is 16.6 Å². The molecule has 0 saturated carbocycles. The lowest BCUT2D eigenvalue weighted by Gasteiger charge is -2.22. The van der Waals surface area contributed by atoms with Crippen LogP contribution in [0.3, 0.4) is 0 Å². The molecule has 0 amide bonds. The summed E-state index contributed by atoms with van der Waals surface area (Å²) < 4.78 is 34.3. The number of hydrogen-bond acceptors (Lipinski definition) is 6. The van der Waals surface area contributed by atoms with Gasteiger partial charge < -0.3 is 4.52 Å². The Labute approximate surface area is 116 Å². The van der Waals surface area contributed by atoms with E-state index in [1.165, 1.54) is 6.33 Å². The molecule has 1 atom stereocenters. The van der Waals surface area contributed by atoms with E-state index in [1.807, 2.05) is 0 Å². The summed E-state index contributed by atoms with van der Waals surface area (Å²) in [5.41, 5.74) is 0.354. The minimum atomic E-state index is -3.69. The SMILES string of the molecule is Cc1noc(C)c1S(=O)(=O)N[C@@H]1CCCn2ncnc21. The van der Waals surface area contributed by atoms with Crippen molar-refractivity contribution in [3.63, 3.8) is 0 Å². The van der Waals surface area contributed by atoms with E-state index in [9.17, 15) is 8.42 Å². The Morgan fingerprint density at radius 3 is 2.95 bits per heavy atom. The third-order valence-electron chi connectivity index (χ3n) is 3.35. The Kier molecular flexibility index (Phi) is 3.09. The Balaban J connectivity index is 1.93. The molecule has 0 bridgehead atoms. The van der Waals surface area contributed by atoms with Crippen LogP contribution in [0.2, 0.25) is 0 Å². The van der Waals surface area contributed by atoms with Gasteiger partial charge in [-0.05, 0) is 26.7 Å². The van der Waals surface area contributed by atoms with Gasteiger partial charge >= 0.3 is 0 Å². The van der Waals surface area contributed by atoms with Gasteiger partial charge in [-0.15, -0.1) is 0 Å². The normalized spacial score (nSPS) is 19.0. The molecule has 0 radical (unpaired) electrons. The number of nitrogens with one attached hydrogen (secondary N) is 1. The lowest BCUT2D eigenvalue weighted by Crippen LogP contribution is -2.33. The van der Waals surface area contributed by atoms with Crippen molar-refractivity contribution in [2.45, 2.75) is 44.2 Å². The molecule has 0 saturated heterocycles. The van der Waals surface area contributed by atoms with Gasteiger partial charge in [-0.1, -0.05) is 5.16 Å². The van der Waals surface area contributed by atoms with Crippen molar-refractivity contribution < 1.29 is 12.9 Å². The number of nitrogens with zero attached hydrogens (tertiary/aromatic N) is 4. The number of hydrogen-bond donors (Lipinski definition) is 1. The highest BCUT2D eigenvalue weighted by atomic mass is 32.2. The second-order valence-electron chi connectivity index (χ2n) is 4.81. The van der Waals surface area contributed by atoms with Crippen molar-refractivity contribution in [1.29, 1.82) is 0 Å². The van der Waals surface area contributed by atoms with E-state index in [1.54, 1.807) is 18.5 Å². The minimum Gasteiger partial charge on any atom is -0.360 e. The second-order valence-corrected chi connectivity index (χ2v) is 6.46. The van der Waals surface area contributed by atoms with Gasteiger partial charge in [0.05, 0.1) is 6.04 Å². The van der Waals surface area contributed by atoms with Crippen molar-refractivity contribution >= 4 is 10.0 Å². The summed E-state index contributed by atoms with van der Waals surface area (Å²) in [6, 6.07) is -0.370. The standard InChI is InChI=1S/C11H15N5O3S/c1-7-10(8(2)19-14-7)20(17,18)15-9-4-3-5-16-11(9)12-6-13-16/h6,9,15H,3-5H2,1-2H3/t9-/m1/s1. The van der Waals surface area contributed by atoms with Crippen molar-refractivity contribution in [3.05, 3.63) is 23.6 Å². The van der Waals surface area contributed by atoms with Crippen LogP contribution in [0.1, 0.15) is 36.2 Å². The molecule has 3 heterocycles. The Morgan fingerprint density at radius 1 is 1.45 bits per heavy atom. The fourth-order valence-electron chi connectivity index (χ4n) is 2.51. The summed E-state index contributed by atoms with van der Waals surface area (Å²) in [6.45, 7) is 3.95. The van der Waals surface area contributed by atoms with Crippen LogP contribution in [0.4, 0.5) is 0 Å². The molecule has 2 aromatic heterocycles. The molecular formula is C11H15N5O3S. The molecule has 20 heavy (non-hydrogen) atoms. The molecule has 1 aliphatic rings. The summed E-state index contributed by atoms with van der Waals surface area (Å²) in [7, 11) is -3.69. The summed E-state index contributed by atoms with van der Waals surface area (Å²) in [6.07, 6.45) is 2.99. The smallest absolute Gasteiger partial charge is 0.246 e. The molecule has 2 aromatic rings. The summed E-state index contributed by atoms with van der Waals surface area (Å²) >= 11 is 0. The van der Waals surface area contributed by atoms with Crippen LogP contribution in [0.5, 0.6) is 0 Å². The van der Waals surface area contributed by atoms with Gasteiger partial charge in [0.2, 0.25) is 10.0 Å². The molecule has 1 N–H and O–H groups in total. The van der Waals surface area contributed by atoms with E-state index in [0.717, 1.165) is 13.0 Å². The van der Waals surface area contributed by atoms with Gasteiger partial charge in [-0.2, -0.15) is 5.10 Å². The van der Waals surface area contributed by atoms with E-state index >= 15 is 0 Å². The van der Waals surface area contributed by atoms with Crippen LogP contribution in [0, 0.1) is 13.8 Å². The van der Waals surface area contributed by atoms with E-state index in [0.29, 0.717) is 17.9 Å². The van der Waals surface area contributed by atoms with Gasteiger partial charge in [-0.3, -0.25) is 0 Å². The van der Waals surface area contributed by atoms with Gasteiger partial charge in [-0.25, -0.2) is 22.8 Å². The molecule has 0 aromatic carbocycles. The average Bonchev–Trinajstić information content (AvgIpc) is 2.96. The number of rotatable bonds is 3. The predicted octanol–water partition coefficient (Wildman–Crippen LogP) is 0.696. The number of aryl methyl sites for hydroxylation is 3. The lowest BCUT2D eigenvalue weighted by molar-refractivity contribution is 0.389. The van der Waals surface area contributed by atoms with Crippen LogP contribution in [-0.4, -0.2) is 28.3 Å². The number of aromatic nitrogens is 4. The highest BCUT2D eigenvalue weighted by Crippen LogP contribution is 2.26. The maximum atomic E-state index is 12.5. The number of fused-ring (bicyclic) bond motifs is 1. The molecule has 9 heteroatoms. The molecular weight excluding hydrogens is 282 g/mol. The zero-order valence-electron chi connectivity index (χ0n) is 11.2. The fraction of sp³-hybridized carbons (Fsp3) is 0.545. The third kappa shape index (κ3) is 2.12. The van der Waals surface area contributed by atoms with Crippen molar-refractivity contribution in [2.75, 3.05) is 0 Å². The van der Waals surface area contributed by atoms with Crippen molar-refractivity contribution in [2.24, 2.45) is 0 Å². The minimum absolute atomic E-state index is 0.106. The monoisotopic (exact) mass is 297 g/mol. The lowest BCUT2D eigenvalue weighted by atomic mass is 10.1. The van der Waals surface area contributed by atoms with Gasteiger partial charge in [0.1, 0.15) is 22.7 Å². The molecule has 1 aliphatic heterocycles. The topological polar surface area (TPSA) is 103 Å². The number of sulfonamides is 1. The maximum Gasteiger partial charge on any atom is 0.246 e. The van der Waals surface area contributed by atoms with Crippen LogP contribution < -0.4 is 4.72 Å². The van der Waals surface area contributed by atoms with Gasteiger partial charge in [0, 0.05) is 6.54 Å². The van der Waals surface area contributed by atoms with Crippen molar-refractivity contribution in [1.82, 2.24) is 24.6 Å². The van der Waals surface area contributed by atoms with Crippen molar-refractivity contribution in [3.8, 4) is 0 Å². The first-order valence-corrected chi connectivity index (χ1v) is 7.80. The predicted molar refractivity (Wildman–Crippen MR) is 68.3 cm³/mol. The molecule has 0 unspecified atom stereocenters. The molecule has 0 spiro atoms. The van der Waals surface area contributed by atoms with Crippen LogP contribution in [0.25, 0.3) is 0 Å². The second kappa shape index (κ2) is 4.67. The average molecular weight is 297 g/mol. The first-order chi connectivity index (χ1) is 9.49. The zero-order chi connectivity index (χ0) is 14.3. The molecule has 108 valence electrons. The molecule has 0 fully saturated rings.